The van der Waals surface area contributed by atoms with E-state index < -0.39 is 5.97 Å². The van der Waals surface area contributed by atoms with Crippen molar-refractivity contribution in [1.29, 1.82) is 0 Å². The van der Waals surface area contributed by atoms with Gasteiger partial charge in [-0.05, 0) is 31.7 Å². The largest absolute Gasteiger partial charge is 0.490 e. The molecule has 7 nitrogen and oxygen atoms in total. The van der Waals surface area contributed by atoms with Crippen LogP contribution in [0.4, 0.5) is 0 Å². The van der Waals surface area contributed by atoms with Crippen molar-refractivity contribution >= 4 is 5.97 Å². The topological polar surface area (TPSA) is 70.0 Å². The second-order valence-corrected chi connectivity index (χ2v) is 8.62. The van der Waals surface area contributed by atoms with Crippen LogP contribution >= 0.6 is 0 Å². The Hall–Kier alpha value is -2.64. The molecule has 0 bridgehead atoms. The van der Waals surface area contributed by atoms with Crippen LogP contribution in [0.1, 0.15) is 46.4 Å². The molecule has 0 radical (unpaired) electrons. The summed E-state index contributed by atoms with van der Waals surface area (Å²) in [6, 6.07) is 9.93. The summed E-state index contributed by atoms with van der Waals surface area (Å²) in [5.41, 5.74) is 3.37. The fourth-order valence-corrected chi connectivity index (χ4v) is 4.46. The van der Waals surface area contributed by atoms with Gasteiger partial charge in [-0.1, -0.05) is 29.8 Å². The summed E-state index contributed by atoms with van der Waals surface area (Å²) in [5.74, 6) is -0.172. The minimum absolute atomic E-state index is 0.0131. The summed E-state index contributed by atoms with van der Waals surface area (Å²) in [7, 11) is 1.36. The molecule has 2 aliphatic heterocycles. The molecule has 1 atom stereocenters. The minimum Gasteiger partial charge on any atom is -0.490 e. The first-order chi connectivity index (χ1) is 15.5. The third-order valence-corrected chi connectivity index (χ3v) is 6.30. The Balaban J connectivity index is 1.55. The van der Waals surface area contributed by atoms with Crippen LogP contribution in [0.2, 0.25) is 0 Å². The summed E-state index contributed by atoms with van der Waals surface area (Å²) < 4.78 is 18.5. The van der Waals surface area contributed by atoms with Gasteiger partial charge in [-0.25, -0.2) is 4.79 Å². The first-order valence-electron chi connectivity index (χ1n) is 11.4. The van der Waals surface area contributed by atoms with Crippen LogP contribution in [0.5, 0.6) is 5.75 Å². The van der Waals surface area contributed by atoms with Gasteiger partial charge in [-0.3, -0.25) is 9.69 Å². The summed E-state index contributed by atoms with van der Waals surface area (Å²) in [6.07, 6.45) is 3.64. The van der Waals surface area contributed by atoms with Crippen molar-refractivity contribution in [2.45, 2.75) is 51.8 Å². The normalized spacial score (nSPS) is 19.1. The Morgan fingerprint density at radius 1 is 1.16 bits per heavy atom. The number of aryl methyl sites for hydroxylation is 1. The highest BCUT2D eigenvalue weighted by atomic mass is 16.5. The molecule has 1 aromatic heterocycles. The van der Waals surface area contributed by atoms with Crippen molar-refractivity contribution in [3.05, 3.63) is 63.1 Å². The predicted octanol–water partition coefficient (Wildman–Crippen LogP) is 2.95. The van der Waals surface area contributed by atoms with E-state index in [1.165, 1.54) is 24.3 Å². The highest BCUT2D eigenvalue weighted by molar-refractivity contribution is 5.93. The number of rotatable bonds is 6. The number of benzene rings is 1. The molecular weight excluding hydrogens is 408 g/mol. The average Bonchev–Trinajstić information content (AvgIpc) is 3.02. The lowest BCUT2D eigenvalue weighted by Crippen LogP contribution is -2.30. The molecule has 4 rings (SSSR count). The van der Waals surface area contributed by atoms with E-state index in [1.807, 2.05) is 0 Å². The van der Waals surface area contributed by atoms with Gasteiger partial charge in [0, 0.05) is 51.0 Å². The number of carbonyl (C=O) groups excluding carboxylic acids is 1. The van der Waals surface area contributed by atoms with Crippen LogP contribution in [0.25, 0.3) is 0 Å². The quantitative estimate of drug-likeness (QED) is 0.644. The molecule has 3 heterocycles. The summed E-state index contributed by atoms with van der Waals surface area (Å²) in [5, 5.41) is 0. The number of ether oxygens (including phenoxy) is 3. The van der Waals surface area contributed by atoms with Crippen LogP contribution in [0, 0.1) is 6.92 Å². The number of fused-ring (bicyclic) bond motifs is 1. The lowest BCUT2D eigenvalue weighted by atomic mass is 10.1. The number of nitrogens with zero attached hydrogens (tertiary/aromatic N) is 2. The first-order valence-corrected chi connectivity index (χ1v) is 11.4. The number of aromatic nitrogens is 1. The molecule has 1 saturated heterocycles. The SMILES string of the molecule is COC(=O)c1c(OCC2CCCCO2)cc(=O)n2c1CCN(Cc1ccc(C)cc1)CC2. The fourth-order valence-electron chi connectivity index (χ4n) is 4.46. The predicted molar refractivity (Wildman–Crippen MR) is 121 cm³/mol. The van der Waals surface area contributed by atoms with Gasteiger partial charge in [-0.2, -0.15) is 0 Å². The Morgan fingerprint density at radius 3 is 2.69 bits per heavy atom. The van der Waals surface area contributed by atoms with E-state index >= 15 is 0 Å². The Kier molecular flexibility index (Phi) is 7.27. The maximum Gasteiger partial charge on any atom is 0.343 e. The lowest BCUT2D eigenvalue weighted by molar-refractivity contribution is -0.0114. The third-order valence-electron chi connectivity index (χ3n) is 6.30. The molecule has 172 valence electrons. The van der Waals surface area contributed by atoms with Crippen molar-refractivity contribution in [3.8, 4) is 5.75 Å². The first kappa shape index (κ1) is 22.6. The van der Waals surface area contributed by atoms with Crippen LogP contribution in [0.15, 0.2) is 35.1 Å². The number of pyridine rings is 1. The molecule has 1 unspecified atom stereocenters. The highest BCUT2D eigenvalue weighted by Crippen LogP contribution is 2.25. The highest BCUT2D eigenvalue weighted by Gasteiger charge is 2.27. The van der Waals surface area contributed by atoms with Crippen LogP contribution < -0.4 is 10.3 Å². The van der Waals surface area contributed by atoms with E-state index in [4.69, 9.17) is 14.2 Å². The monoisotopic (exact) mass is 440 g/mol. The van der Waals surface area contributed by atoms with Crippen molar-refractivity contribution < 1.29 is 19.0 Å². The van der Waals surface area contributed by atoms with Gasteiger partial charge in [0.25, 0.3) is 5.56 Å². The average molecular weight is 441 g/mol. The van der Waals surface area contributed by atoms with E-state index in [1.54, 1.807) is 4.57 Å². The maximum atomic E-state index is 12.9. The molecular formula is C25H32N2O5. The van der Waals surface area contributed by atoms with E-state index in [-0.39, 0.29) is 11.7 Å². The molecule has 7 heteroatoms. The standard InChI is InChI=1S/C25H32N2O5/c1-18-6-8-19(9-7-18)16-26-11-10-21-24(25(29)30-2)22(15-23(28)27(21)13-12-26)32-17-20-5-3-4-14-31-20/h6-9,15,20H,3-5,10-14,16-17H2,1-2H3. The van der Waals surface area contributed by atoms with Gasteiger partial charge in [-0.15, -0.1) is 0 Å². The smallest absolute Gasteiger partial charge is 0.343 e. The van der Waals surface area contributed by atoms with E-state index in [0.717, 1.165) is 45.5 Å². The van der Waals surface area contributed by atoms with E-state index in [0.29, 0.717) is 36.6 Å². The zero-order chi connectivity index (χ0) is 22.5. The van der Waals surface area contributed by atoms with E-state index in [9.17, 15) is 9.59 Å². The van der Waals surface area contributed by atoms with Crippen LogP contribution in [-0.4, -0.2) is 55.0 Å². The van der Waals surface area contributed by atoms with Crippen molar-refractivity contribution in [2.24, 2.45) is 0 Å². The zero-order valence-corrected chi connectivity index (χ0v) is 19.0. The van der Waals surface area contributed by atoms with Crippen molar-refractivity contribution in [3.63, 3.8) is 0 Å². The Morgan fingerprint density at radius 2 is 1.97 bits per heavy atom. The van der Waals surface area contributed by atoms with Gasteiger partial charge < -0.3 is 18.8 Å². The second-order valence-electron chi connectivity index (χ2n) is 8.62. The number of esters is 1. The molecule has 2 aromatic rings. The van der Waals surface area contributed by atoms with Crippen LogP contribution in [0.3, 0.4) is 0 Å². The van der Waals surface area contributed by atoms with Gasteiger partial charge in [0.15, 0.2) is 0 Å². The maximum absolute atomic E-state index is 12.9. The molecule has 0 aliphatic carbocycles. The number of carbonyl (C=O) groups is 1. The van der Waals surface area contributed by atoms with E-state index in [2.05, 4.69) is 36.1 Å². The Labute approximate surface area is 188 Å². The molecule has 1 fully saturated rings. The lowest BCUT2D eigenvalue weighted by Gasteiger charge is -2.24. The molecule has 0 amide bonds. The molecule has 0 spiro atoms. The number of methoxy groups -OCH3 is 1. The molecule has 0 saturated carbocycles. The molecule has 32 heavy (non-hydrogen) atoms. The zero-order valence-electron chi connectivity index (χ0n) is 19.0. The van der Waals surface area contributed by atoms with Gasteiger partial charge >= 0.3 is 5.97 Å². The van der Waals surface area contributed by atoms with Gasteiger partial charge in [0.1, 0.15) is 17.9 Å². The molecule has 2 aliphatic rings. The number of hydrogen-bond acceptors (Lipinski definition) is 6. The fraction of sp³-hybridized carbons (Fsp3) is 0.520. The minimum atomic E-state index is -0.472. The van der Waals surface area contributed by atoms with Crippen molar-refractivity contribution in [2.75, 3.05) is 33.4 Å². The van der Waals surface area contributed by atoms with Gasteiger partial charge in [0.2, 0.25) is 0 Å². The second kappa shape index (κ2) is 10.3. The van der Waals surface area contributed by atoms with Crippen molar-refractivity contribution in [1.82, 2.24) is 9.47 Å². The molecule has 0 N–H and O–H groups in total. The summed E-state index contributed by atoms with van der Waals surface area (Å²) in [4.78, 5) is 28.0. The Bertz CT molecular complexity index is 993. The number of hydrogen-bond donors (Lipinski definition) is 0. The van der Waals surface area contributed by atoms with Gasteiger partial charge in [0.05, 0.1) is 13.2 Å². The third kappa shape index (κ3) is 5.22. The summed E-state index contributed by atoms with van der Waals surface area (Å²) in [6.45, 7) is 5.93. The summed E-state index contributed by atoms with van der Waals surface area (Å²) >= 11 is 0. The van der Waals surface area contributed by atoms with Crippen LogP contribution in [-0.2, 0) is 29.0 Å². The molecule has 1 aromatic carbocycles.